The highest BCUT2D eigenvalue weighted by molar-refractivity contribution is 6.30. The van der Waals surface area contributed by atoms with Gasteiger partial charge in [-0.15, -0.1) is 0 Å². The van der Waals surface area contributed by atoms with Gasteiger partial charge in [-0.2, -0.15) is 0 Å². The molecule has 0 radical (unpaired) electrons. The number of hydrogen-bond donors (Lipinski definition) is 1. The molecule has 8 heteroatoms. The first kappa shape index (κ1) is 18.7. The van der Waals surface area contributed by atoms with Gasteiger partial charge in [-0.1, -0.05) is 23.7 Å². The number of carbonyl (C=O) groups excluding carboxylic acids is 2. The topological polar surface area (TPSA) is 90.3 Å². The van der Waals surface area contributed by atoms with Crippen molar-refractivity contribution in [3.63, 3.8) is 0 Å². The maximum atomic E-state index is 12.6. The molecule has 1 aromatic heterocycles. The number of aromatic nitrogens is 2. The van der Waals surface area contributed by atoms with E-state index in [1.165, 1.54) is 6.20 Å². The zero-order valence-corrected chi connectivity index (χ0v) is 14.8. The third-order valence-electron chi connectivity index (χ3n) is 3.02. The Morgan fingerprint density at radius 3 is 2.72 bits per heavy atom. The molecule has 0 atom stereocenters. The number of ether oxygens (including phenoxy) is 1. The highest BCUT2D eigenvalue weighted by Gasteiger charge is 2.19. The second-order valence-corrected chi connectivity index (χ2v) is 6.65. The van der Waals surface area contributed by atoms with Crippen LogP contribution < -0.4 is 10.9 Å². The smallest absolute Gasteiger partial charge is 0.412 e. The second-order valence-electron chi connectivity index (χ2n) is 6.22. The normalized spacial score (nSPS) is 11.0. The summed E-state index contributed by atoms with van der Waals surface area (Å²) in [6.07, 6.45) is 1.03. The van der Waals surface area contributed by atoms with Crippen LogP contribution in [-0.4, -0.2) is 27.5 Å². The summed E-state index contributed by atoms with van der Waals surface area (Å²) < 4.78 is 6.27. The Bertz CT molecular complexity index is 856. The van der Waals surface area contributed by atoms with Gasteiger partial charge < -0.3 is 9.53 Å². The number of nitrogens with one attached hydrogen (secondary N) is 1. The van der Waals surface area contributed by atoms with E-state index in [9.17, 15) is 14.4 Å². The summed E-state index contributed by atoms with van der Waals surface area (Å²) in [4.78, 5) is 39.6. The molecular formula is C17H18ClN3O4. The number of hydrogen-bond acceptors (Lipinski definition) is 5. The Balaban J connectivity index is 2.43. The van der Waals surface area contributed by atoms with Gasteiger partial charge in [0.25, 0.3) is 5.56 Å². The SMILES string of the molecule is CC(C)(C)OC(=O)Nc1cnc(-c2cccc(Cl)c2)n(CC=O)c1=O. The van der Waals surface area contributed by atoms with Crippen molar-refractivity contribution >= 4 is 29.7 Å². The van der Waals surface area contributed by atoms with Gasteiger partial charge in [0, 0.05) is 10.6 Å². The van der Waals surface area contributed by atoms with Crippen molar-refractivity contribution in [2.45, 2.75) is 32.9 Å². The molecule has 0 saturated heterocycles. The van der Waals surface area contributed by atoms with Gasteiger partial charge in [0.2, 0.25) is 0 Å². The molecule has 1 N–H and O–H groups in total. The minimum atomic E-state index is -0.778. The van der Waals surface area contributed by atoms with Gasteiger partial charge in [0.05, 0.1) is 12.7 Å². The van der Waals surface area contributed by atoms with Crippen molar-refractivity contribution in [1.29, 1.82) is 0 Å². The van der Waals surface area contributed by atoms with Crippen LogP contribution in [0.5, 0.6) is 0 Å². The Morgan fingerprint density at radius 2 is 2.12 bits per heavy atom. The van der Waals surface area contributed by atoms with Crippen LogP contribution in [0.15, 0.2) is 35.3 Å². The molecule has 1 amide bonds. The monoisotopic (exact) mass is 363 g/mol. The predicted octanol–water partition coefficient (Wildman–Crippen LogP) is 3.11. The molecule has 0 aliphatic rings. The zero-order valence-electron chi connectivity index (χ0n) is 14.1. The maximum absolute atomic E-state index is 12.6. The van der Waals surface area contributed by atoms with Gasteiger partial charge in [0.15, 0.2) is 0 Å². The van der Waals surface area contributed by atoms with Crippen molar-refractivity contribution in [3.8, 4) is 11.4 Å². The Labute approximate surface area is 149 Å². The van der Waals surface area contributed by atoms with E-state index >= 15 is 0 Å². The molecule has 7 nitrogen and oxygen atoms in total. The average Bonchev–Trinajstić information content (AvgIpc) is 2.49. The van der Waals surface area contributed by atoms with E-state index in [-0.39, 0.29) is 18.1 Å². The van der Waals surface area contributed by atoms with Crippen molar-refractivity contribution in [3.05, 3.63) is 45.8 Å². The van der Waals surface area contributed by atoms with E-state index in [4.69, 9.17) is 16.3 Å². The Hall–Kier alpha value is -2.67. The predicted molar refractivity (Wildman–Crippen MR) is 94.9 cm³/mol. The van der Waals surface area contributed by atoms with Crippen LogP contribution in [0.2, 0.25) is 5.02 Å². The molecule has 2 rings (SSSR count). The number of aldehydes is 1. The molecule has 25 heavy (non-hydrogen) atoms. The first-order valence-electron chi connectivity index (χ1n) is 7.50. The number of nitrogens with zero attached hydrogens (tertiary/aromatic N) is 2. The molecule has 0 aliphatic carbocycles. The first-order valence-corrected chi connectivity index (χ1v) is 7.88. The largest absolute Gasteiger partial charge is 0.444 e. The summed E-state index contributed by atoms with van der Waals surface area (Å²) in [5, 5.41) is 2.83. The van der Waals surface area contributed by atoms with Crippen LogP contribution in [0.4, 0.5) is 10.5 Å². The molecule has 0 saturated carbocycles. The Morgan fingerprint density at radius 1 is 1.40 bits per heavy atom. The number of amides is 1. The van der Waals surface area contributed by atoms with Crippen molar-refractivity contribution in [2.24, 2.45) is 0 Å². The first-order chi connectivity index (χ1) is 11.7. The fourth-order valence-corrected chi connectivity index (χ4v) is 2.28. The van der Waals surface area contributed by atoms with Crippen LogP contribution in [0, 0.1) is 0 Å². The number of benzene rings is 1. The van der Waals surface area contributed by atoms with E-state index in [1.54, 1.807) is 45.0 Å². The summed E-state index contributed by atoms with van der Waals surface area (Å²) >= 11 is 5.97. The number of halogens is 1. The van der Waals surface area contributed by atoms with Gasteiger partial charge in [-0.3, -0.25) is 14.7 Å². The summed E-state index contributed by atoms with van der Waals surface area (Å²) in [6.45, 7) is 4.91. The van der Waals surface area contributed by atoms with Gasteiger partial charge in [-0.25, -0.2) is 9.78 Å². The highest BCUT2D eigenvalue weighted by atomic mass is 35.5. The van der Waals surface area contributed by atoms with E-state index in [2.05, 4.69) is 10.3 Å². The van der Waals surface area contributed by atoms with Gasteiger partial charge in [0.1, 0.15) is 23.4 Å². The lowest BCUT2D eigenvalue weighted by Crippen LogP contribution is -2.32. The fraction of sp³-hybridized carbons (Fsp3) is 0.294. The van der Waals surface area contributed by atoms with E-state index in [0.717, 1.165) is 4.57 Å². The number of carbonyl (C=O) groups is 2. The van der Waals surface area contributed by atoms with E-state index in [1.807, 2.05) is 0 Å². The van der Waals surface area contributed by atoms with Crippen LogP contribution in [-0.2, 0) is 16.1 Å². The Kier molecular flexibility index (Phi) is 5.58. The van der Waals surface area contributed by atoms with E-state index < -0.39 is 17.3 Å². The molecule has 1 aromatic carbocycles. The molecule has 2 aromatic rings. The van der Waals surface area contributed by atoms with Crippen molar-refractivity contribution < 1.29 is 14.3 Å². The molecule has 0 spiro atoms. The second kappa shape index (κ2) is 7.48. The third kappa shape index (κ3) is 4.90. The average molecular weight is 364 g/mol. The minimum Gasteiger partial charge on any atom is -0.444 e. The van der Waals surface area contributed by atoms with Crippen molar-refractivity contribution in [2.75, 3.05) is 5.32 Å². The molecule has 0 unspecified atom stereocenters. The lowest BCUT2D eigenvalue weighted by Gasteiger charge is -2.19. The summed E-state index contributed by atoms with van der Waals surface area (Å²) in [6, 6.07) is 6.75. The van der Waals surface area contributed by atoms with Crippen LogP contribution in [0.1, 0.15) is 20.8 Å². The number of anilines is 1. The standard InChI is InChI=1S/C17H18ClN3O4/c1-17(2,3)25-16(24)20-13-10-19-14(21(7-8-22)15(13)23)11-5-4-6-12(18)9-11/h4-6,8-10H,7H2,1-3H3,(H,20,24). The van der Waals surface area contributed by atoms with Crippen LogP contribution in [0.3, 0.4) is 0 Å². The summed E-state index contributed by atoms with van der Waals surface area (Å²) in [5.41, 5.74) is -0.778. The molecule has 0 fully saturated rings. The van der Waals surface area contributed by atoms with Gasteiger partial charge in [-0.05, 0) is 32.9 Å². The summed E-state index contributed by atoms with van der Waals surface area (Å²) in [7, 11) is 0. The molecule has 1 heterocycles. The fourth-order valence-electron chi connectivity index (χ4n) is 2.09. The van der Waals surface area contributed by atoms with Crippen molar-refractivity contribution in [1.82, 2.24) is 9.55 Å². The number of rotatable bonds is 4. The molecule has 132 valence electrons. The van der Waals surface area contributed by atoms with Crippen LogP contribution in [0.25, 0.3) is 11.4 Å². The van der Waals surface area contributed by atoms with E-state index in [0.29, 0.717) is 16.9 Å². The third-order valence-corrected chi connectivity index (χ3v) is 3.26. The van der Waals surface area contributed by atoms with Gasteiger partial charge >= 0.3 is 6.09 Å². The molecule has 0 aliphatic heterocycles. The lowest BCUT2D eigenvalue weighted by atomic mass is 10.2. The lowest BCUT2D eigenvalue weighted by molar-refractivity contribution is -0.108. The maximum Gasteiger partial charge on any atom is 0.412 e. The quantitative estimate of drug-likeness (QED) is 0.843. The highest BCUT2D eigenvalue weighted by Crippen LogP contribution is 2.20. The summed E-state index contributed by atoms with van der Waals surface area (Å²) in [5.74, 6) is 0.273. The minimum absolute atomic E-state index is 0.0816. The zero-order chi connectivity index (χ0) is 18.6. The molecular weight excluding hydrogens is 346 g/mol. The van der Waals surface area contributed by atoms with Crippen LogP contribution >= 0.6 is 11.6 Å². The molecule has 0 bridgehead atoms.